The molecule has 5 nitrogen and oxygen atoms in total. The fourth-order valence-electron chi connectivity index (χ4n) is 2.62. The summed E-state index contributed by atoms with van der Waals surface area (Å²) in [6, 6.07) is 7.51. The topological polar surface area (TPSA) is 71.2 Å². The van der Waals surface area contributed by atoms with Crippen LogP contribution in [0.1, 0.15) is 44.6 Å². The minimum atomic E-state index is -0.237. The highest BCUT2D eigenvalue weighted by Crippen LogP contribution is 2.20. The number of hydrogen-bond acceptors (Lipinski definition) is 3. The number of para-hydroxylation sites is 1. The third-order valence-corrected chi connectivity index (χ3v) is 3.65. The van der Waals surface area contributed by atoms with Crippen molar-refractivity contribution in [2.24, 2.45) is 0 Å². The monoisotopic (exact) mass is 300 g/mol. The van der Waals surface area contributed by atoms with Gasteiger partial charge in [-0.25, -0.2) is 0 Å². The molecule has 1 heterocycles. The van der Waals surface area contributed by atoms with Crippen LogP contribution in [0.15, 0.2) is 24.3 Å². The highest BCUT2D eigenvalue weighted by Gasteiger charge is 2.19. The third kappa shape index (κ3) is 3.03. The summed E-state index contributed by atoms with van der Waals surface area (Å²) in [5.41, 5.74) is 3.31. The third-order valence-electron chi connectivity index (χ3n) is 3.65. The van der Waals surface area contributed by atoms with Crippen LogP contribution in [0.3, 0.4) is 0 Å². The van der Waals surface area contributed by atoms with Gasteiger partial charge in [-0.2, -0.15) is 0 Å². The number of ketones is 1. The molecule has 0 atom stereocenters. The van der Waals surface area contributed by atoms with Gasteiger partial charge < -0.3 is 15.0 Å². The summed E-state index contributed by atoms with van der Waals surface area (Å²) in [6.07, 6.45) is 0. The van der Waals surface area contributed by atoms with Gasteiger partial charge in [-0.05, 0) is 32.4 Å². The molecular weight excluding hydrogens is 280 g/mol. The second kappa shape index (κ2) is 6.47. The van der Waals surface area contributed by atoms with Crippen LogP contribution in [0.25, 0.3) is 0 Å². The van der Waals surface area contributed by atoms with Crippen LogP contribution in [0.2, 0.25) is 0 Å². The lowest BCUT2D eigenvalue weighted by atomic mass is 10.1. The van der Waals surface area contributed by atoms with Gasteiger partial charge in [0.05, 0.1) is 7.11 Å². The average molecular weight is 300 g/mol. The van der Waals surface area contributed by atoms with E-state index < -0.39 is 0 Å². The predicted octanol–water partition coefficient (Wildman–Crippen LogP) is 2.77. The molecule has 0 fully saturated rings. The Bertz CT molecular complexity index is 717. The highest BCUT2D eigenvalue weighted by atomic mass is 16.5. The first-order valence-corrected chi connectivity index (χ1v) is 7.06. The van der Waals surface area contributed by atoms with E-state index in [2.05, 4.69) is 10.3 Å². The van der Waals surface area contributed by atoms with Crippen molar-refractivity contribution in [2.75, 3.05) is 7.11 Å². The molecule has 0 unspecified atom stereocenters. The number of rotatable bonds is 5. The van der Waals surface area contributed by atoms with Crippen molar-refractivity contribution in [1.82, 2.24) is 10.3 Å². The molecule has 0 aliphatic rings. The van der Waals surface area contributed by atoms with Gasteiger partial charge in [0, 0.05) is 23.4 Å². The lowest BCUT2D eigenvalue weighted by molar-refractivity contribution is 0.0945. The average Bonchev–Trinajstić information content (AvgIpc) is 2.80. The van der Waals surface area contributed by atoms with Gasteiger partial charge in [0.1, 0.15) is 11.4 Å². The molecular formula is C17H20N2O3. The van der Waals surface area contributed by atoms with Crippen molar-refractivity contribution in [3.05, 3.63) is 52.3 Å². The molecule has 0 aliphatic heterocycles. The molecule has 0 saturated carbocycles. The van der Waals surface area contributed by atoms with Crippen LogP contribution in [0, 0.1) is 13.8 Å². The number of benzene rings is 1. The Hall–Kier alpha value is -2.56. The summed E-state index contributed by atoms with van der Waals surface area (Å²) in [6.45, 7) is 5.43. The summed E-state index contributed by atoms with van der Waals surface area (Å²) >= 11 is 0. The van der Waals surface area contributed by atoms with Crippen molar-refractivity contribution in [3.8, 4) is 5.75 Å². The molecule has 116 valence electrons. The first-order valence-electron chi connectivity index (χ1n) is 7.06. The molecule has 22 heavy (non-hydrogen) atoms. The molecule has 1 aromatic heterocycles. The van der Waals surface area contributed by atoms with E-state index in [-0.39, 0.29) is 11.7 Å². The van der Waals surface area contributed by atoms with Gasteiger partial charge >= 0.3 is 0 Å². The smallest absolute Gasteiger partial charge is 0.268 e. The van der Waals surface area contributed by atoms with E-state index in [4.69, 9.17) is 4.74 Å². The van der Waals surface area contributed by atoms with E-state index >= 15 is 0 Å². The van der Waals surface area contributed by atoms with E-state index in [0.717, 1.165) is 11.3 Å². The molecule has 5 heteroatoms. The minimum Gasteiger partial charge on any atom is -0.496 e. The summed E-state index contributed by atoms with van der Waals surface area (Å²) in [7, 11) is 1.60. The van der Waals surface area contributed by atoms with Crippen LogP contribution in [0.5, 0.6) is 5.75 Å². The molecule has 1 aromatic carbocycles. The number of aryl methyl sites for hydroxylation is 1. The number of hydrogen-bond donors (Lipinski definition) is 2. The van der Waals surface area contributed by atoms with Crippen LogP contribution in [0.4, 0.5) is 0 Å². The van der Waals surface area contributed by atoms with E-state index in [9.17, 15) is 9.59 Å². The second-order valence-electron chi connectivity index (χ2n) is 5.18. The molecule has 0 saturated heterocycles. The Morgan fingerprint density at radius 2 is 1.91 bits per heavy atom. The molecule has 0 bridgehead atoms. The number of Topliss-reactive ketones (excluding diaryl/α,β-unsaturated/α-hetero) is 1. The SMILES string of the molecule is COc1ccccc1CNC(=O)c1[nH]c(C)c(C(C)=O)c1C. The first-order chi connectivity index (χ1) is 10.5. The number of amides is 1. The van der Waals surface area contributed by atoms with Gasteiger partial charge in [-0.3, -0.25) is 9.59 Å². The van der Waals surface area contributed by atoms with Gasteiger partial charge in [0.2, 0.25) is 0 Å². The number of carbonyl (C=O) groups excluding carboxylic acids is 2. The van der Waals surface area contributed by atoms with Gasteiger partial charge in [-0.1, -0.05) is 18.2 Å². The van der Waals surface area contributed by atoms with Gasteiger partial charge in [0.15, 0.2) is 5.78 Å². The molecule has 2 rings (SSSR count). The number of aromatic amines is 1. The maximum absolute atomic E-state index is 12.3. The summed E-state index contributed by atoms with van der Waals surface area (Å²) in [5, 5.41) is 2.85. The molecule has 0 aliphatic carbocycles. The lowest BCUT2D eigenvalue weighted by Crippen LogP contribution is -2.24. The first kappa shape index (κ1) is 15.8. The Morgan fingerprint density at radius 3 is 2.50 bits per heavy atom. The Morgan fingerprint density at radius 1 is 1.23 bits per heavy atom. The summed E-state index contributed by atoms with van der Waals surface area (Å²) in [5.74, 6) is 0.445. The number of aromatic nitrogens is 1. The van der Waals surface area contributed by atoms with Crippen molar-refractivity contribution in [3.63, 3.8) is 0 Å². The number of nitrogens with one attached hydrogen (secondary N) is 2. The Balaban J connectivity index is 2.17. The summed E-state index contributed by atoms with van der Waals surface area (Å²) in [4.78, 5) is 26.9. The van der Waals surface area contributed by atoms with E-state index in [1.54, 1.807) is 21.0 Å². The van der Waals surface area contributed by atoms with E-state index in [1.807, 2.05) is 24.3 Å². The number of H-pyrrole nitrogens is 1. The van der Waals surface area contributed by atoms with Crippen molar-refractivity contribution in [2.45, 2.75) is 27.3 Å². The maximum atomic E-state index is 12.3. The molecule has 0 spiro atoms. The molecule has 1 amide bonds. The lowest BCUT2D eigenvalue weighted by Gasteiger charge is -2.09. The molecule has 0 radical (unpaired) electrons. The van der Waals surface area contributed by atoms with Gasteiger partial charge in [0.25, 0.3) is 5.91 Å². The fourth-order valence-corrected chi connectivity index (χ4v) is 2.62. The fraction of sp³-hybridized carbons (Fsp3) is 0.294. The van der Waals surface area contributed by atoms with E-state index in [1.165, 1.54) is 6.92 Å². The number of methoxy groups -OCH3 is 1. The van der Waals surface area contributed by atoms with Crippen LogP contribution >= 0.6 is 0 Å². The maximum Gasteiger partial charge on any atom is 0.268 e. The minimum absolute atomic E-state index is 0.0463. The zero-order valence-electron chi connectivity index (χ0n) is 13.2. The summed E-state index contributed by atoms with van der Waals surface area (Å²) < 4.78 is 5.26. The van der Waals surface area contributed by atoms with Gasteiger partial charge in [-0.15, -0.1) is 0 Å². The molecule has 2 N–H and O–H groups in total. The Kier molecular flexibility index (Phi) is 4.65. The quantitative estimate of drug-likeness (QED) is 0.834. The largest absolute Gasteiger partial charge is 0.496 e. The van der Waals surface area contributed by atoms with Crippen molar-refractivity contribution < 1.29 is 14.3 Å². The number of carbonyl (C=O) groups is 2. The Labute approximate surface area is 129 Å². The van der Waals surface area contributed by atoms with Crippen molar-refractivity contribution >= 4 is 11.7 Å². The van der Waals surface area contributed by atoms with Crippen molar-refractivity contribution in [1.29, 1.82) is 0 Å². The predicted molar refractivity (Wildman–Crippen MR) is 84.4 cm³/mol. The highest BCUT2D eigenvalue weighted by molar-refractivity contribution is 6.02. The molecule has 2 aromatic rings. The van der Waals surface area contributed by atoms with Crippen LogP contribution in [-0.4, -0.2) is 23.8 Å². The van der Waals surface area contributed by atoms with E-state index in [0.29, 0.717) is 29.1 Å². The standard InChI is InChI=1S/C17H20N2O3/c1-10-15(12(3)20)11(2)19-16(10)17(21)18-9-13-7-5-6-8-14(13)22-4/h5-8,19H,9H2,1-4H3,(H,18,21). The zero-order chi connectivity index (χ0) is 16.3. The van der Waals surface area contributed by atoms with Crippen LogP contribution < -0.4 is 10.1 Å². The zero-order valence-corrected chi connectivity index (χ0v) is 13.2. The number of ether oxygens (including phenoxy) is 1. The van der Waals surface area contributed by atoms with Crippen LogP contribution in [-0.2, 0) is 6.54 Å². The second-order valence-corrected chi connectivity index (χ2v) is 5.18. The normalized spacial score (nSPS) is 10.4.